The molecule has 7 heteroatoms. The summed E-state index contributed by atoms with van der Waals surface area (Å²) in [6.45, 7) is 0.508. The van der Waals surface area contributed by atoms with Gasteiger partial charge in [0.2, 0.25) is 5.91 Å². The molecule has 1 saturated carbocycles. The standard InChI is InChI=1S/C23H26F2N4O/c24-23(25)14-28(15-23)12-16-8-9-19-20(11-16)29(22(30)17-5-2-1-3-6-17)13-18-7-4-10-26-21(18)27-19/h4,7-11,17H,1-3,5-6,12-15H2,(H,26,27). The quantitative estimate of drug-likeness (QED) is 0.794. The van der Waals surface area contributed by atoms with Crippen LogP contribution in [0.25, 0.3) is 0 Å². The number of carbonyl (C=O) groups is 1. The molecule has 1 aromatic carbocycles. The second-order valence-electron chi connectivity index (χ2n) is 8.75. The normalized spacial score (nSPS) is 21.1. The van der Waals surface area contributed by atoms with Crippen LogP contribution < -0.4 is 10.2 Å². The number of halogens is 2. The molecule has 5 nitrogen and oxygen atoms in total. The molecule has 158 valence electrons. The highest BCUT2D eigenvalue weighted by molar-refractivity contribution is 5.99. The fourth-order valence-corrected chi connectivity index (χ4v) is 4.81. The summed E-state index contributed by atoms with van der Waals surface area (Å²) in [5.74, 6) is -1.62. The largest absolute Gasteiger partial charge is 0.338 e. The highest BCUT2D eigenvalue weighted by Crippen LogP contribution is 2.38. The lowest BCUT2D eigenvalue weighted by Gasteiger charge is -2.38. The summed E-state index contributed by atoms with van der Waals surface area (Å²) in [4.78, 5) is 21.6. The van der Waals surface area contributed by atoms with Crippen LogP contribution in [0, 0.1) is 5.92 Å². The van der Waals surface area contributed by atoms with E-state index in [2.05, 4.69) is 10.3 Å². The highest BCUT2D eigenvalue weighted by Gasteiger charge is 2.43. The molecule has 2 aromatic rings. The molecule has 1 aromatic heterocycles. The Bertz CT molecular complexity index is 950. The van der Waals surface area contributed by atoms with Crippen LogP contribution in [0.1, 0.15) is 43.2 Å². The summed E-state index contributed by atoms with van der Waals surface area (Å²) in [5, 5.41) is 3.37. The Balaban J connectivity index is 1.47. The molecular weight excluding hydrogens is 386 g/mol. The fourth-order valence-electron chi connectivity index (χ4n) is 4.81. The van der Waals surface area contributed by atoms with Gasteiger partial charge < -0.3 is 10.2 Å². The average molecular weight is 412 g/mol. The van der Waals surface area contributed by atoms with E-state index in [4.69, 9.17) is 0 Å². The van der Waals surface area contributed by atoms with Crippen molar-refractivity contribution in [1.82, 2.24) is 9.88 Å². The molecule has 1 saturated heterocycles. The van der Waals surface area contributed by atoms with Crippen molar-refractivity contribution in [3.63, 3.8) is 0 Å². The van der Waals surface area contributed by atoms with Gasteiger partial charge >= 0.3 is 0 Å². The second-order valence-corrected chi connectivity index (χ2v) is 8.75. The summed E-state index contributed by atoms with van der Waals surface area (Å²) in [6.07, 6.45) is 6.98. The molecule has 2 fully saturated rings. The van der Waals surface area contributed by atoms with Crippen molar-refractivity contribution in [3.8, 4) is 0 Å². The van der Waals surface area contributed by atoms with E-state index in [0.29, 0.717) is 13.1 Å². The van der Waals surface area contributed by atoms with E-state index in [9.17, 15) is 13.6 Å². The van der Waals surface area contributed by atoms with E-state index in [1.54, 1.807) is 11.1 Å². The Kier molecular flexibility index (Phi) is 4.93. The monoisotopic (exact) mass is 412 g/mol. The first-order valence-corrected chi connectivity index (χ1v) is 10.7. The van der Waals surface area contributed by atoms with E-state index < -0.39 is 5.92 Å². The Morgan fingerprint density at radius 2 is 1.97 bits per heavy atom. The zero-order chi connectivity index (χ0) is 20.7. The smallest absolute Gasteiger partial charge is 0.272 e. The molecule has 2 aliphatic heterocycles. The minimum absolute atomic E-state index is 0.0440. The van der Waals surface area contributed by atoms with Crippen molar-refractivity contribution in [2.75, 3.05) is 23.3 Å². The van der Waals surface area contributed by atoms with Crippen LogP contribution in [0.3, 0.4) is 0 Å². The lowest BCUT2D eigenvalue weighted by molar-refractivity contribution is -0.133. The number of benzene rings is 1. The number of pyridine rings is 1. The second kappa shape index (κ2) is 7.61. The average Bonchev–Trinajstić information content (AvgIpc) is 2.89. The van der Waals surface area contributed by atoms with Gasteiger partial charge in [-0.15, -0.1) is 0 Å². The predicted octanol–water partition coefficient (Wildman–Crippen LogP) is 4.70. The van der Waals surface area contributed by atoms with E-state index in [-0.39, 0.29) is 24.9 Å². The molecule has 0 unspecified atom stereocenters. The fraction of sp³-hybridized carbons (Fsp3) is 0.478. The first-order chi connectivity index (χ1) is 14.5. The number of hydrogen-bond acceptors (Lipinski definition) is 4. The zero-order valence-corrected chi connectivity index (χ0v) is 16.9. The maximum absolute atomic E-state index is 13.5. The molecule has 1 N–H and O–H groups in total. The third-order valence-corrected chi connectivity index (χ3v) is 6.36. The van der Waals surface area contributed by atoms with Crippen molar-refractivity contribution in [2.24, 2.45) is 5.92 Å². The number of nitrogens with zero attached hydrogens (tertiary/aromatic N) is 3. The van der Waals surface area contributed by atoms with Gasteiger partial charge in [0.05, 0.1) is 31.0 Å². The van der Waals surface area contributed by atoms with E-state index >= 15 is 0 Å². The molecular formula is C23H26F2N4O. The van der Waals surface area contributed by atoms with Gasteiger partial charge in [-0.1, -0.05) is 31.4 Å². The van der Waals surface area contributed by atoms with Crippen LogP contribution in [0.5, 0.6) is 0 Å². The number of nitrogens with one attached hydrogen (secondary N) is 1. The maximum Gasteiger partial charge on any atom is 0.272 e. The van der Waals surface area contributed by atoms with Gasteiger partial charge in [0.25, 0.3) is 5.92 Å². The molecule has 1 aliphatic carbocycles. The zero-order valence-electron chi connectivity index (χ0n) is 16.9. The van der Waals surface area contributed by atoms with Crippen molar-refractivity contribution < 1.29 is 13.6 Å². The minimum Gasteiger partial charge on any atom is -0.338 e. The molecule has 30 heavy (non-hydrogen) atoms. The third kappa shape index (κ3) is 3.78. The SMILES string of the molecule is O=C(C1CCCCC1)N1Cc2cccnc2Nc2ccc(CN3CC(F)(F)C3)cc21. The Labute approximate surface area is 175 Å². The van der Waals surface area contributed by atoms with Crippen molar-refractivity contribution >= 4 is 23.1 Å². The van der Waals surface area contributed by atoms with Gasteiger partial charge in [-0.25, -0.2) is 13.8 Å². The Morgan fingerprint density at radius 1 is 1.17 bits per heavy atom. The van der Waals surface area contributed by atoms with Crippen LogP contribution in [0.4, 0.5) is 26.0 Å². The first-order valence-electron chi connectivity index (χ1n) is 10.7. The van der Waals surface area contributed by atoms with Gasteiger partial charge in [0, 0.05) is 24.2 Å². The predicted molar refractivity (Wildman–Crippen MR) is 112 cm³/mol. The number of rotatable bonds is 3. The summed E-state index contributed by atoms with van der Waals surface area (Å²) in [6, 6.07) is 9.74. The molecule has 3 aliphatic rings. The number of hydrogen-bond donors (Lipinski definition) is 1. The number of alkyl halides is 2. The number of amides is 1. The van der Waals surface area contributed by atoms with E-state index in [0.717, 1.165) is 54.0 Å². The topological polar surface area (TPSA) is 48.5 Å². The summed E-state index contributed by atoms with van der Waals surface area (Å²) in [7, 11) is 0. The van der Waals surface area contributed by atoms with Gasteiger partial charge in [-0.3, -0.25) is 9.69 Å². The van der Waals surface area contributed by atoms with Crippen LogP contribution in [-0.4, -0.2) is 34.8 Å². The number of likely N-dealkylation sites (tertiary alicyclic amines) is 1. The van der Waals surface area contributed by atoms with Crippen LogP contribution in [-0.2, 0) is 17.9 Å². The first kappa shape index (κ1) is 19.4. The lowest BCUT2D eigenvalue weighted by Crippen LogP contribution is -2.55. The Hall–Kier alpha value is -2.54. The van der Waals surface area contributed by atoms with Crippen LogP contribution in [0.2, 0.25) is 0 Å². The summed E-state index contributed by atoms with van der Waals surface area (Å²) < 4.78 is 26.5. The number of carbonyl (C=O) groups excluding carboxylic acids is 1. The number of aromatic nitrogens is 1. The third-order valence-electron chi connectivity index (χ3n) is 6.36. The molecule has 0 atom stereocenters. The molecule has 0 spiro atoms. The van der Waals surface area contributed by atoms with Crippen molar-refractivity contribution in [1.29, 1.82) is 0 Å². The summed E-state index contributed by atoms with van der Waals surface area (Å²) >= 11 is 0. The van der Waals surface area contributed by atoms with E-state index in [1.807, 2.05) is 35.2 Å². The van der Waals surface area contributed by atoms with Crippen LogP contribution >= 0.6 is 0 Å². The van der Waals surface area contributed by atoms with Gasteiger partial charge in [-0.05, 0) is 36.6 Å². The van der Waals surface area contributed by atoms with Gasteiger partial charge in [-0.2, -0.15) is 0 Å². The maximum atomic E-state index is 13.5. The highest BCUT2D eigenvalue weighted by atomic mass is 19.3. The van der Waals surface area contributed by atoms with Crippen LogP contribution in [0.15, 0.2) is 36.5 Å². The lowest BCUT2D eigenvalue weighted by atomic mass is 9.88. The van der Waals surface area contributed by atoms with Crippen molar-refractivity contribution in [3.05, 3.63) is 47.7 Å². The van der Waals surface area contributed by atoms with Gasteiger partial charge in [0.15, 0.2) is 0 Å². The molecule has 5 rings (SSSR count). The Morgan fingerprint density at radius 3 is 2.73 bits per heavy atom. The number of anilines is 3. The number of fused-ring (bicyclic) bond motifs is 2. The van der Waals surface area contributed by atoms with E-state index in [1.165, 1.54) is 6.42 Å². The van der Waals surface area contributed by atoms with Crippen molar-refractivity contribution in [2.45, 2.75) is 51.1 Å². The minimum atomic E-state index is -2.58. The van der Waals surface area contributed by atoms with Gasteiger partial charge in [0.1, 0.15) is 5.82 Å². The molecule has 0 bridgehead atoms. The summed E-state index contributed by atoms with van der Waals surface area (Å²) in [5.41, 5.74) is 3.55. The molecule has 1 amide bonds. The molecule has 0 radical (unpaired) electrons. The molecule has 3 heterocycles.